The summed E-state index contributed by atoms with van der Waals surface area (Å²) in [6.07, 6.45) is 9.23. The van der Waals surface area contributed by atoms with Crippen molar-refractivity contribution in [1.82, 2.24) is 10.2 Å². The number of carboxylic acid groups (broad SMARTS) is 1. The second-order valence-electron chi connectivity index (χ2n) is 3.88. The number of aliphatic carboxylic acids is 1. The van der Waals surface area contributed by atoms with Crippen LogP contribution in [0.5, 0.6) is 0 Å². The van der Waals surface area contributed by atoms with E-state index < -0.39 is 5.97 Å². The zero-order valence-corrected chi connectivity index (χ0v) is 9.11. The van der Waals surface area contributed by atoms with Gasteiger partial charge in [0, 0.05) is 6.04 Å². The first kappa shape index (κ1) is 12.4. The van der Waals surface area contributed by atoms with Gasteiger partial charge in [-0.3, -0.25) is 4.79 Å². The molecule has 0 radical (unpaired) electrons. The highest BCUT2D eigenvalue weighted by molar-refractivity contribution is 5.80. The summed E-state index contributed by atoms with van der Waals surface area (Å²) < 4.78 is 0. The van der Waals surface area contributed by atoms with Gasteiger partial charge in [-0.25, -0.2) is 4.79 Å². The Morgan fingerprint density at radius 2 is 2.06 bits per heavy atom. The van der Waals surface area contributed by atoms with Gasteiger partial charge in [0.1, 0.15) is 6.54 Å². The molecule has 2 N–H and O–H groups in total. The van der Waals surface area contributed by atoms with E-state index in [-0.39, 0.29) is 25.2 Å². The fourth-order valence-corrected chi connectivity index (χ4v) is 1.81. The van der Waals surface area contributed by atoms with Crippen LogP contribution in [0.1, 0.15) is 25.7 Å². The average Bonchev–Trinajstić information content (AvgIpc) is 2.69. The first-order chi connectivity index (χ1) is 7.63. The maximum absolute atomic E-state index is 11.7. The first-order valence-corrected chi connectivity index (χ1v) is 5.34. The molecule has 1 saturated carbocycles. The Bertz CT molecular complexity index is 303. The average molecular weight is 224 g/mol. The Hall–Kier alpha value is -1.70. The van der Waals surface area contributed by atoms with Crippen LogP contribution in [-0.2, 0) is 4.79 Å². The summed E-state index contributed by atoms with van der Waals surface area (Å²) in [5.74, 6) is 1.22. The molecule has 0 unspecified atom stereocenters. The van der Waals surface area contributed by atoms with Crippen molar-refractivity contribution in [1.29, 1.82) is 0 Å². The van der Waals surface area contributed by atoms with Crippen LogP contribution in [0.3, 0.4) is 0 Å². The molecule has 0 aliphatic heterocycles. The minimum Gasteiger partial charge on any atom is -0.480 e. The summed E-state index contributed by atoms with van der Waals surface area (Å²) in [4.78, 5) is 23.3. The fraction of sp³-hybridized carbons (Fsp3) is 0.636. The third-order valence-corrected chi connectivity index (χ3v) is 2.58. The molecular formula is C11H16N2O3. The molecule has 5 heteroatoms. The predicted octanol–water partition coefficient (Wildman–Crippen LogP) is 0.658. The molecule has 5 nitrogen and oxygen atoms in total. The largest absolute Gasteiger partial charge is 0.480 e. The fourth-order valence-electron chi connectivity index (χ4n) is 1.81. The molecule has 16 heavy (non-hydrogen) atoms. The zero-order chi connectivity index (χ0) is 12.0. The Morgan fingerprint density at radius 3 is 2.56 bits per heavy atom. The number of amides is 2. The number of carboxylic acids is 1. The SMILES string of the molecule is C#CCN(CC(=O)O)C(=O)NC1CCCC1. The molecule has 88 valence electrons. The van der Waals surface area contributed by atoms with Gasteiger partial charge in [0.25, 0.3) is 0 Å². The molecule has 1 aliphatic rings. The van der Waals surface area contributed by atoms with Crippen molar-refractivity contribution in [3.05, 3.63) is 0 Å². The van der Waals surface area contributed by atoms with Gasteiger partial charge in [-0.05, 0) is 12.8 Å². The van der Waals surface area contributed by atoms with Crippen LogP contribution in [-0.4, -0.2) is 41.1 Å². The number of carbonyl (C=O) groups is 2. The van der Waals surface area contributed by atoms with Crippen molar-refractivity contribution in [2.75, 3.05) is 13.1 Å². The van der Waals surface area contributed by atoms with E-state index in [0.29, 0.717) is 0 Å². The number of hydrogen-bond donors (Lipinski definition) is 2. The van der Waals surface area contributed by atoms with E-state index in [4.69, 9.17) is 11.5 Å². The van der Waals surface area contributed by atoms with Crippen molar-refractivity contribution >= 4 is 12.0 Å². The van der Waals surface area contributed by atoms with Crippen molar-refractivity contribution in [2.24, 2.45) is 0 Å². The first-order valence-electron chi connectivity index (χ1n) is 5.34. The maximum Gasteiger partial charge on any atom is 0.323 e. The van der Waals surface area contributed by atoms with Crippen molar-refractivity contribution < 1.29 is 14.7 Å². The third kappa shape index (κ3) is 3.81. The van der Waals surface area contributed by atoms with Crippen LogP contribution in [0.2, 0.25) is 0 Å². The summed E-state index contributed by atoms with van der Waals surface area (Å²) in [5, 5.41) is 11.4. The Labute approximate surface area is 94.8 Å². The van der Waals surface area contributed by atoms with Crippen LogP contribution in [0, 0.1) is 12.3 Å². The summed E-state index contributed by atoms with van der Waals surface area (Å²) >= 11 is 0. The van der Waals surface area contributed by atoms with E-state index in [1.54, 1.807) is 0 Å². The van der Waals surface area contributed by atoms with Gasteiger partial charge in [0.05, 0.1) is 6.54 Å². The predicted molar refractivity (Wildman–Crippen MR) is 58.8 cm³/mol. The molecule has 0 atom stereocenters. The van der Waals surface area contributed by atoms with E-state index in [1.807, 2.05) is 0 Å². The Kier molecular flexibility index (Phi) is 4.65. The normalized spacial score (nSPS) is 15.4. The van der Waals surface area contributed by atoms with Gasteiger partial charge in [-0.15, -0.1) is 6.42 Å². The molecule has 1 aliphatic carbocycles. The number of urea groups is 1. The van der Waals surface area contributed by atoms with E-state index in [1.165, 1.54) is 0 Å². The molecule has 0 aromatic rings. The van der Waals surface area contributed by atoms with E-state index >= 15 is 0 Å². The lowest BCUT2D eigenvalue weighted by atomic mass is 10.2. The zero-order valence-electron chi connectivity index (χ0n) is 9.11. The van der Waals surface area contributed by atoms with Crippen LogP contribution in [0.15, 0.2) is 0 Å². The standard InChI is InChI=1S/C11H16N2O3/c1-2-7-13(8-10(14)15)11(16)12-9-5-3-4-6-9/h1,9H,3-8H2,(H,12,16)(H,14,15). The van der Waals surface area contributed by atoms with Crippen LogP contribution >= 0.6 is 0 Å². The number of nitrogens with one attached hydrogen (secondary N) is 1. The van der Waals surface area contributed by atoms with Crippen molar-refractivity contribution in [3.63, 3.8) is 0 Å². The second kappa shape index (κ2) is 6.01. The topological polar surface area (TPSA) is 69.6 Å². The highest BCUT2D eigenvalue weighted by Gasteiger charge is 2.21. The monoisotopic (exact) mass is 224 g/mol. The Balaban J connectivity index is 2.46. The summed E-state index contributed by atoms with van der Waals surface area (Å²) in [5.41, 5.74) is 0. The number of nitrogens with zero attached hydrogens (tertiary/aromatic N) is 1. The molecule has 0 bridgehead atoms. The third-order valence-electron chi connectivity index (χ3n) is 2.58. The maximum atomic E-state index is 11.7. The highest BCUT2D eigenvalue weighted by Crippen LogP contribution is 2.17. The van der Waals surface area contributed by atoms with E-state index in [9.17, 15) is 9.59 Å². The van der Waals surface area contributed by atoms with Gasteiger partial charge >= 0.3 is 12.0 Å². The number of hydrogen-bond acceptors (Lipinski definition) is 2. The molecule has 0 saturated heterocycles. The molecule has 0 aromatic heterocycles. The lowest BCUT2D eigenvalue weighted by molar-refractivity contribution is -0.137. The summed E-state index contributed by atoms with van der Waals surface area (Å²) in [6.45, 7) is -0.340. The number of rotatable bonds is 4. The quantitative estimate of drug-likeness (QED) is 0.689. The minimum atomic E-state index is -1.06. The molecule has 2 amide bonds. The summed E-state index contributed by atoms with van der Waals surface area (Å²) in [7, 11) is 0. The van der Waals surface area contributed by atoms with Crippen LogP contribution in [0.25, 0.3) is 0 Å². The van der Waals surface area contributed by atoms with Crippen LogP contribution in [0.4, 0.5) is 4.79 Å². The molecule has 0 spiro atoms. The van der Waals surface area contributed by atoms with Gasteiger partial charge in [0.2, 0.25) is 0 Å². The van der Waals surface area contributed by atoms with Gasteiger partial charge in [-0.1, -0.05) is 18.8 Å². The molecule has 1 rings (SSSR count). The number of terminal acetylenes is 1. The smallest absolute Gasteiger partial charge is 0.323 e. The van der Waals surface area contributed by atoms with Crippen LogP contribution < -0.4 is 5.32 Å². The summed E-state index contributed by atoms with van der Waals surface area (Å²) in [6, 6.07) is -0.214. The van der Waals surface area contributed by atoms with Crippen molar-refractivity contribution in [2.45, 2.75) is 31.7 Å². The highest BCUT2D eigenvalue weighted by atomic mass is 16.4. The van der Waals surface area contributed by atoms with Gasteiger partial charge in [-0.2, -0.15) is 0 Å². The molecular weight excluding hydrogens is 208 g/mol. The lowest BCUT2D eigenvalue weighted by Gasteiger charge is -2.21. The minimum absolute atomic E-state index is 0.0187. The van der Waals surface area contributed by atoms with E-state index in [0.717, 1.165) is 30.6 Å². The van der Waals surface area contributed by atoms with Crippen molar-refractivity contribution in [3.8, 4) is 12.3 Å². The second-order valence-corrected chi connectivity index (χ2v) is 3.88. The Morgan fingerprint density at radius 1 is 1.44 bits per heavy atom. The lowest BCUT2D eigenvalue weighted by Crippen LogP contribution is -2.46. The molecule has 0 aromatic carbocycles. The van der Waals surface area contributed by atoms with Gasteiger partial charge in [0.15, 0.2) is 0 Å². The molecule has 1 fully saturated rings. The van der Waals surface area contributed by atoms with Gasteiger partial charge < -0.3 is 15.3 Å². The molecule has 0 heterocycles. The van der Waals surface area contributed by atoms with E-state index in [2.05, 4.69) is 11.2 Å². The number of carbonyl (C=O) groups excluding carboxylic acids is 1.